The topological polar surface area (TPSA) is 92.7 Å². The summed E-state index contributed by atoms with van der Waals surface area (Å²) in [7, 11) is 0. The van der Waals surface area contributed by atoms with Crippen LogP contribution >= 0.6 is 11.8 Å². The van der Waals surface area contributed by atoms with Crippen LogP contribution in [0.2, 0.25) is 0 Å². The van der Waals surface area contributed by atoms with Crippen LogP contribution in [0, 0.1) is 27.7 Å². The van der Waals surface area contributed by atoms with E-state index in [-0.39, 0.29) is 11.5 Å². The molecule has 176 valence electrons. The molecule has 0 fully saturated rings. The highest BCUT2D eigenvalue weighted by Crippen LogP contribution is 2.18. The largest absolute Gasteiger partial charge is 0.351 e. The summed E-state index contributed by atoms with van der Waals surface area (Å²) >= 11 is 1.74. The van der Waals surface area contributed by atoms with E-state index >= 15 is 0 Å². The van der Waals surface area contributed by atoms with Gasteiger partial charge in [0.25, 0.3) is 11.5 Å². The first kappa shape index (κ1) is 23.8. The number of fused-ring (bicyclic) bond motifs is 1. The van der Waals surface area contributed by atoms with Crippen molar-refractivity contribution < 1.29 is 4.79 Å². The maximum Gasteiger partial charge on any atom is 0.272 e. The summed E-state index contributed by atoms with van der Waals surface area (Å²) in [4.78, 5) is 37.2. The molecule has 0 aliphatic rings. The quantitative estimate of drug-likeness (QED) is 0.375. The van der Waals surface area contributed by atoms with E-state index in [1.165, 1.54) is 0 Å². The molecule has 0 bridgehead atoms. The standard InChI is InChI=1S/C26H29N5O2S/c1-16-11-22-24(12-17(16)2)31(26(33)19(4)30-22)13-20-5-7-21(8-6-20)25(32)27-9-10-34-14-23-18(3)28-15-29-23/h5-8,11-12,15H,9-10,13-14H2,1-4H3,(H,27,32)(H,28,29). The minimum absolute atomic E-state index is 0.0971. The minimum atomic E-state index is -0.100. The second kappa shape index (κ2) is 10.3. The van der Waals surface area contributed by atoms with Crippen LogP contribution in [0.5, 0.6) is 0 Å². The number of amides is 1. The molecule has 0 aliphatic heterocycles. The Morgan fingerprint density at radius 3 is 2.53 bits per heavy atom. The molecule has 0 saturated carbocycles. The highest BCUT2D eigenvalue weighted by molar-refractivity contribution is 7.98. The smallest absolute Gasteiger partial charge is 0.272 e. The zero-order valence-corrected chi connectivity index (χ0v) is 20.8. The van der Waals surface area contributed by atoms with Gasteiger partial charge in [-0.05, 0) is 68.7 Å². The van der Waals surface area contributed by atoms with E-state index in [0.717, 1.165) is 50.6 Å². The van der Waals surface area contributed by atoms with Gasteiger partial charge in [0.05, 0.1) is 29.6 Å². The minimum Gasteiger partial charge on any atom is -0.351 e. The van der Waals surface area contributed by atoms with Crippen molar-refractivity contribution in [3.63, 3.8) is 0 Å². The van der Waals surface area contributed by atoms with Gasteiger partial charge in [-0.25, -0.2) is 9.97 Å². The van der Waals surface area contributed by atoms with Gasteiger partial charge in [-0.3, -0.25) is 9.59 Å². The van der Waals surface area contributed by atoms with Gasteiger partial charge in [0, 0.05) is 29.3 Å². The number of imidazole rings is 1. The van der Waals surface area contributed by atoms with Gasteiger partial charge in [0.15, 0.2) is 0 Å². The van der Waals surface area contributed by atoms with Gasteiger partial charge in [-0.1, -0.05) is 12.1 Å². The molecule has 2 aromatic heterocycles. The molecule has 0 saturated heterocycles. The Balaban J connectivity index is 1.39. The number of carbonyl (C=O) groups is 1. The first-order valence-electron chi connectivity index (χ1n) is 11.3. The monoisotopic (exact) mass is 475 g/mol. The number of hydrogen-bond donors (Lipinski definition) is 2. The number of aromatic amines is 1. The van der Waals surface area contributed by atoms with Crippen molar-refractivity contribution in [2.45, 2.75) is 40.0 Å². The van der Waals surface area contributed by atoms with Crippen LogP contribution in [0.1, 0.15) is 44.1 Å². The fraction of sp³-hybridized carbons (Fsp3) is 0.308. The fourth-order valence-corrected chi connectivity index (χ4v) is 4.64. The first-order valence-corrected chi connectivity index (χ1v) is 12.4. The predicted octanol–water partition coefficient (Wildman–Crippen LogP) is 4.06. The van der Waals surface area contributed by atoms with Crippen molar-refractivity contribution in [2.75, 3.05) is 12.3 Å². The van der Waals surface area contributed by atoms with Gasteiger partial charge in [-0.15, -0.1) is 0 Å². The Morgan fingerprint density at radius 1 is 1.09 bits per heavy atom. The van der Waals surface area contributed by atoms with E-state index in [2.05, 4.69) is 20.3 Å². The number of hydrogen-bond acceptors (Lipinski definition) is 5. The van der Waals surface area contributed by atoms with Gasteiger partial charge in [0.1, 0.15) is 5.69 Å². The summed E-state index contributed by atoms with van der Waals surface area (Å²) < 4.78 is 1.76. The van der Waals surface area contributed by atoms with Gasteiger partial charge >= 0.3 is 0 Å². The summed E-state index contributed by atoms with van der Waals surface area (Å²) in [5.74, 6) is 1.53. The highest BCUT2D eigenvalue weighted by Gasteiger charge is 2.11. The lowest BCUT2D eigenvalue weighted by Gasteiger charge is -2.13. The van der Waals surface area contributed by atoms with Crippen LogP contribution in [0.3, 0.4) is 0 Å². The molecule has 2 N–H and O–H groups in total. The zero-order valence-electron chi connectivity index (χ0n) is 19.9. The van der Waals surface area contributed by atoms with E-state index < -0.39 is 0 Å². The molecular weight excluding hydrogens is 446 g/mol. The number of thioether (sulfide) groups is 1. The SMILES string of the molecule is Cc1cc2nc(C)c(=O)n(Cc3ccc(C(=O)NCCSCc4nc[nH]c4C)cc3)c2cc1C. The zero-order chi connectivity index (χ0) is 24.2. The number of benzene rings is 2. The molecule has 0 radical (unpaired) electrons. The average molecular weight is 476 g/mol. The van der Waals surface area contributed by atoms with Crippen molar-refractivity contribution >= 4 is 28.7 Å². The van der Waals surface area contributed by atoms with Crippen LogP contribution in [0.25, 0.3) is 11.0 Å². The summed E-state index contributed by atoms with van der Waals surface area (Å²) in [5.41, 5.74) is 7.98. The normalized spacial score (nSPS) is 11.2. The summed E-state index contributed by atoms with van der Waals surface area (Å²) in [5, 5.41) is 2.96. The van der Waals surface area contributed by atoms with Crippen LogP contribution in [0.4, 0.5) is 0 Å². The Kier molecular flexibility index (Phi) is 7.17. The van der Waals surface area contributed by atoms with Crippen molar-refractivity contribution in [3.05, 3.63) is 92.4 Å². The number of aromatic nitrogens is 4. The second-order valence-corrected chi connectivity index (χ2v) is 9.60. The lowest BCUT2D eigenvalue weighted by atomic mass is 10.1. The number of nitrogens with zero attached hydrogens (tertiary/aromatic N) is 3. The molecule has 4 aromatic rings. The molecule has 0 spiro atoms. The summed E-state index contributed by atoms with van der Waals surface area (Å²) in [6.45, 7) is 8.84. The van der Waals surface area contributed by atoms with Crippen molar-refractivity contribution in [2.24, 2.45) is 0 Å². The number of carbonyl (C=O) groups excluding carboxylic acids is 1. The van der Waals surface area contributed by atoms with Crippen LogP contribution in [-0.4, -0.2) is 37.7 Å². The molecule has 2 heterocycles. The maximum atomic E-state index is 12.9. The molecule has 0 aliphatic carbocycles. The van der Waals surface area contributed by atoms with Gasteiger partial charge < -0.3 is 14.9 Å². The molecule has 0 unspecified atom stereocenters. The number of nitrogens with one attached hydrogen (secondary N) is 2. The van der Waals surface area contributed by atoms with Crippen LogP contribution in [-0.2, 0) is 12.3 Å². The van der Waals surface area contributed by atoms with E-state index in [4.69, 9.17) is 0 Å². The maximum absolute atomic E-state index is 12.9. The third-order valence-corrected chi connectivity index (χ3v) is 6.96. The van der Waals surface area contributed by atoms with Crippen molar-refractivity contribution in [3.8, 4) is 0 Å². The van der Waals surface area contributed by atoms with E-state index in [9.17, 15) is 9.59 Å². The Bertz CT molecular complexity index is 1390. The number of H-pyrrole nitrogens is 1. The van der Waals surface area contributed by atoms with E-state index in [1.807, 2.05) is 57.2 Å². The van der Waals surface area contributed by atoms with Gasteiger partial charge in [0.2, 0.25) is 0 Å². The molecular formula is C26H29N5O2S. The Hall–Kier alpha value is -3.39. The fourth-order valence-electron chi connectivity index (χ4n) is 3.77. The molecule has 8 heteroatoms. The Morgan fingerprint density at radius 2 is 1.82 bits per heavy atom. The third kappa shape index (κ3) is 5.22. The van der Waals surface area contributed by atoms with Crippen molar-refractivity contribution in [1.29, 1.82) is 0 Å². The lowest BCUT2D eigenvalue weighted by Crippen LogP contribution is -2.26. The number of aryl methyl sites for hydroxylation is 4. The summed E-state index contributed by atoms with van der Waals surface area (Å²) in [6, 6.07) is 11.5. The van der Waals surface area contributed by atoms with Crippen molar-refractivity contribution in [1.82, 2.24) is 24.8 Å². The van der Waals surface area contributed by atoms with Gasteiger partial charge in [-0.2, -0.15) is 11.8 Å². The summed E-state index contributed by atoms with van der Waals surface area (Å²) in [6.07, 6.45) is 1.70. The highest BCUT2D eigenvalue weighted by atomic mass is 32.2. The third-order valence-electron chi connectivity index (χ3n) is 5.99. The number of rotatable bonds is 8. The predicted molar refractivity (Wildman–Crippen MR) is 138 cm³/mol. The second-order valence-electron chi connectivity index (χ2n) is 8.49. The average Bonchev–Trinajstić information content (AvgIpc) is 3.23. The first-order chi connectivity index (χ1) is 16.3. The van der Waals surface area contributed by atoms with E-state index in [0.29, 0.717) is 24.3 Å². The molecule has 34 heavy (non-hydrogen) atoms. The van der Waals surface area contributed by atoms with Crippen LogP contribution in [0.15, 0.2) is 47.5 Å². The molecule has 4 rings (SSSR count). The van der Waals surface area contributed by atoms with E-state index in [1.54, 1.807) is 29.6 Å². The molecule has 0 atom stereocenters. The lowest BCUT2D eigenvalue weighted by molar-refractivity contribution is 0.0956. The van der Waals surface area contributed by atoms with Crippen LogP contribution < -0.4 is 10.9 Å². The molecule has 2 aromatic carbocycles. The molecule has 7 nitrogen and oxygen atoms in total. The Labute approximate surface area is 203 Å². The molecule has 1 amide bonds.